The quantitative estimate of drug-likeness (QED) is 0.381. The summed E-state index contributed by atoms with van der Waals surface area (Å²) < 4.78 is 1.95. The lowest BCUT2D eigenvalue weighted by Gasteiger charge is -2.25. The van der Waals surface area contributed by atoms with Crippen LogP contribution in [0.2, 0.25) is 0 Å². The fourth-order valence-electron chi connectivity index (χ4n) is 4.70. The first kappa shape index (κ1) is 27.4. The van der Waals surface area contributed by atoms with Crippen molar-refractivity contribution in [3.05, 3.63) is 41.2 Å². The highest BCUT2D eigenvalue weighted by Crippen LogP contribution is 2.29. The number of fused-ring (bicyclic) bond motifs is 1. The number of likely N-dealkylation sites (tertiary alicyclic amines) is 1. The zero-order valence-corrected chi connectivity index (χ0v) is 23.3. The van der Waals surface area contributed by atoms with Gasteiger partial charge in [0.05, 0.1) is 11.2 Å². The van der Waals surface area contributed by atoms with E-state index in [4.69, 9.17) is 5.10 Å². The van der Waals surface area contributed by atoms with Crippen molar-refractivity contribution >= 4 is 17.5 Å². The van der Waals surface area contributed by atoms with Crippen LogP contribution < -0.4 is 0 Å². The Bertz CT molecular complexity index is 978. The van der Waals surface area contributed by atoms with Gasteiger partial charge < -0.3 is 4.90 Å². The first-order chi connectivity index (χ1) is 16.6. The molecule has 1 aliphatic rings. The Morgan fingerprint density at radius 2 is 1.69 bits per heavy atom. The molecule has 5 nitrogen and oxygen atoms in total. The molecule has 0 spiro atoms. The first-order valence-electron chi connectivity index (χ1n) is 13.8. The van der Waals surface area contributed by atoms with Crippen molar-refractivity contribution in [3.63, 3.8) is 0 Å². The average molecular weight is 481 g/mol. The van der Waals surface area contributed by atoms with Crippen molar-refractivity contribution in [2.24, 2.45) is 11.8 Å². The van der Waals surface area contributed by atoms with Gasteiger partial charge in [0.2, 0.25) is 0 Å². The molecule has 0 saturated carbocycles. The van der Waals surface area contributed by atoms with Gasteiger partial charge in [0.25, 0.3) is 5.91 Å². The molecule has 0 aliphatic carbocycles. The number of pyridine rings is 1. The summed E-state index contributed by atoms with van der Waals surface area (Å²) in [7, 11) is 0. The second-order valence-electron chi connectivity index (χ2n) is 12.2. The molecule has 0 bridgehead atoms. The average Bonchev–Trinajstić information content (AvgIpc) is 3.17. The molecule has 5 heteroatoms. The molecule has 0 aromatic carbocycles. The molecule has 0 atom stereocenters. The highest BCUT2D eigenvalue weighted by molar-refractivity contribution is 5.96. The Morgan fingerprint density at radius 3 is 2.26 bits per heavy atom. The predicted molar refractivity (Wildman–Crippen MR) is 148 cm³/mol. The molecule has 3 heterocycles. The highest BCUT2D eigenvalue weighted by Gasteiger charge is 2.24. The van der Waals surface area contributed by atoms with Crippen molar-refractivity contribution in [1.82, 2.24) is 19.4 Å². The molecule has 0 N–H and O–H groups in total. The molecule has 2 aromatic heterocycles. The number of nitrogens with zero attached hydrogens (tertiary/aromatic N) is 4. The topological polar surface area (TPSA) is 40.9 Å². The van der Waals surface area contributed by atoms with E-state index in [1.54, 1.807) is 0 Å². The molecule has 1 amide bonds. The maximum Gasteiger partial charge on any atom is 0.253 e. The number of carbonyl (C=O) groups excluding carboxylic acids is 1. The summed E-state index contributed by atoms with van der Waals surface area (Å²) in [5.74, 6) is 1.29. The van der Waals surface area contributed by atoms with Crippen LogP contribution in [0.25, 0.3) is 11.6 Å². The highest BCUT2D eigenvalue weighted by atomic mass is 16.2. The second kappa shape index (κ2) is 12.2. The van der Waals surface area contributed by atoms with E-state index in [9.17, 15) is 4.79 Å². The summed E-state index contributed by atoms with van der Waals surface area (Å²) in [6, 6.07) is 4.00. The van der Waals surface area contributed by atoms with E-state index in [2.05, 4.69) is 76.5 Å². The Kier molecular flexibility index (Phi) is 9.57. The molecule has 35 heavy (non-hydrogen) atoms. The van der Waals surface area contributed by atoms with E-state index in [1.165, 1.54) is 32.4 Å². The van der Waals surface area contributed by atoms with Gasteiger partial charge in [-0.2, -0.15) is 5.10 Å². The number of aromatic nitrogens is 2. The fraction of sp³-hybridized carbons (Fsp3) is 0.667. The molecule has 0 unspecified atom stereocenters. The molecule has 2 aromatic rings. The Labute approximate surface area is 213 Å². The molecule has 3 rings (SSSR count). The van der Waals surface area contributed by atoms with Gasteiger partial charge in [-0.15, -0.1) is 0 Å². The van der Waals surface area contributed by atoms with E-state index >= 15 is 0 Å². The summed E-state index contributed by atoms with van der Waals surface area (Å²) in [4.78, 5) is 18.2. The van der Waals surface area contributed by atoms with E-state index in [0.29, 0.717) is 11.8 Å². The molecule has 1 aliphatic heterocycles. The van der Waals surface area contributed by atoms with Crippen molar-refractivity contribution < 1.29 is 4.79 Å². The summed E-state index contributed by atoms with van der Waals surface area (Å²) in [5, 5.41) is 4.94. The molecule has 1 fully saturated rings. The normalized spacial score (nSPS) is 15.7. The van der Waals surface area contributed by atoms with Gasteiger partial charge in [-0.05, 0) is 62.7 Å². The van der Waals surface area contributed by atoms with Crippen LogP contribution in [0.3, 0.4) is 0 Å². The van der Waals surface area contributed by atoms with Crippen LogP contribution in [0.4, 0.5) is 0 Å². The van der Waals surface area contributed by atoms with Gasteiger partial charge in [-0.1, -0.05) is 67.0 Å². The third-order valence-electron chi connectivity index (χ3n) is 6.97. The van der Waals surface area contributed by atoms with Gasteiger partial charge in [-0.25, -0.2) is 4.52 Å². The molecular formula is C30H48N4O. The third-order valence-corrected chi connectivity index (χ3v) is 6.97. The summed E-state index contributed by atoms with van der Waals surface area (Å²) in [5.41, 5.74) is 3.91. The Morgan fingerprint density at radius 1 is 1.06 bits per heavy atom. The minimum atomic E-state index is -0.0818. The lowest BCUT2D eigenvalue weighted by Crippen LogP contribution is -2.34. The van der Waals surface area contributed by atoms with Crippen LogP contribution in [-0.2, 0) is 5.41 Å². The fourth-order valence-corrected chi connectivity index (χ4v) is 4.70. The largest absolute Gasteiger partial charge is 0.339 e. The monoisotopic (exact) mass is 480 g/mol. The van der Waals surface area contributed by atoms with Crippen LogP contribution in [0.5, 0.6) is 0 Å². The zero-order valence-electron chi connectivity index (χ0n) is 23.3. The van der Waals surface area contributed by atoms with Gasteiger partial charge >= 0.3 is 0 Å². The van der Waals surface area contributed by atoms with Gasteiger partial charge in [0.1, 0.15) is 0 Å². The van der Waals surface area contributed by atoms with Gasteiger partial charge in [0, 0.05) is 42.4 Å². The number of amides is 1. The Balaban J connectivity index is 1.92. The zero-order chi connectivity index (χ0) is 25.6. The number of carbonyl (C=O) groups is 1. The van der Waals surface area contributed by atoms with Crippen LogP contribution in [0.15, 0.2) is 24.4 Å². The third kappa shape index (κ3) is 7.67. The van der Waals surface area contributed by atoms with Gasteiger partial charge in [0.15, 0.2) is 0 Å². The second-order valence-corrected chi connectivity index (χ2v) is 12.2. The van der Waals surface area contributed by atoms with Crippen molar-refractivity contribution in [1.29, 1.82) is 0 Å². The van der Waals surface area contributed by atoms with Crippen LogP contribution in [0, 0.1) is 11.8 Å². The Hall–Kier alpha value is -2.14. The van der Waals surface area contributed by atoms with Crippen molar-refractivity contribution in [2.45, 2.75) is 86.0 Å². The van der Waals surface area contributed by atoms with Crippen LogP contribution in [-0.4, -0.2) is 58.0 Å². The minimum Gasteiger partial charge on any atom is -0.339 e. The molecule has 1 saturated heterocycles. The smallest absolute Gasteiger partial charge is 0.253 e. The minimum absolute atomic E-state index is 0.0818. The summed E-state index contributed by atoms with van der Waals surface area (Å²) >= 11 is 0. The number of rotatable bonds is 10. The lowest BCUT2D eigenvalue weighted by molar-refractivity contribution is 0.0741. The summed E-state index contributed by atoms with van der Waals surface area (Å²) in [6.45, 7) is 20.5. The standard InChI is InChI=1S/C30H48N4O/c1-23(2)13-19-33(20-14-24(3)4)29(35)25-15-21-34-27(22-25)26(28(31-34)30(5,6)7)12-11-18-32-16-9-8-10-17-32/h11-12,15,21-24H,8-10,13-14,16-20H2,1-7H3/b12-11+. The van der Waals surface area contributed by atoms with Crippen LogP contribution in [0.1, 0.15) is 102 Å². The first-order valence-corrected chi connectivity index (χ1v) is 13.8. The number of piperidine rings is 1. The maximum absolute atomic E-state index is 13.6. The van der Waals surface area contributed by atoms with Crippen molar-refractivity contribution in [3.8, 4) is 0 Å². The summed E-state index contributed by atoms with van der Waals surface area (Å²) in [6.07, 6.45) is 12.5. The number of hydrogen-bond donors (Lipinski definition) is 0. The van der Waals surface area contributed by atoms with Gasteiger partial charge in [-0.3, -0.25) is 9.69 Å². The lowest BCUT2D eigenvalue weighted by atomic mass is 9.89. The maximum atomic E-state index is 13.6. The number of hydrogen-bond acceptors (Lipinski definition) is 3. The molecular weight excluding hydrogens is 432 g/mol. The van der Waals surface area contributed by atoms with E-state index in [1.807, 2.05) is 16.8 Å². The van der Waals surface area contributed by atoms with Crippen LogP contribution >= 0.6 is 0 Å². The predicted octanol–water partition coefficient (Wildman–Crippen LogP) is 6.67. The van der Waals surface area contributed by atoms with E-state index < -0.39 is 0 Å². The van der Waals surface area contributed by atoms with Crippen molar-refractivity contribution in [2.75, 3.05) is 32.7 Å². The molecule has 194 valence electrons. The van der Waals surface area contributed by atoms with E-state index in [0.717, 1.165) is 54.8 Å². The van der Waals surface area contributed by atoms with E-state index in [-0.39, 0.29) is 11.3 Å². The molecule has 0 radical (unpaired) electrons. The SMILES string of the molecule is CC(C)CCN(CCC(C)C)C(=O)c1ccn2nc(C(C)(C)C)c(/C=C/CN3CCCCC3)c2c1.